The van der Waals surface area contributed by atoms with E-state index >= 15 is 0 Å². The van der Waals surface area contributed by atoms with Gasteiger partial charge in [-0.05, 0) is 60.1 Å². The van der Waals surface area contributed by atoms with Crippen molar-refractivity contribution in [3.8, 4) is 0 Å². The van der Waals surface area contributed by atoms with Gasteiger partial charge in [0.15, 0.2) is 0 Å². The number of likely N-dealkylation sites (tertiary alicyclic amines) is 1. The van der Waals surface area contributed by atoms with Gasteiger partial charge in [0.25, 0.3) is 0 Å². The Morgan fingerprint density at radius 2 is 1.77 bits per heavy atom. The molecule has 0 N–H and O–H groups in total. The SMILES string of the molecule is Cc1ccc(CCC2CCN(C(=O)[C@H](Cc3ccccc3)n3cnnn3)CC2)cc1. The molecule has 4 rings (SSSR count). The van der Waals surface area contributed by atoms with Crippen molar-refractivity contribution in [1.82, 2.24) is 25.1 Å². The third kappa shape index (κ3) is 5.12. The fourth-order valence-electron chi connectivity index (χ4n) is 4.22. The molecule has 1 atom stereocenters. The molecule has 0 radical (unpaired) electrons. The van der Waals surface area contributed by atoms with Crippen molar-refractivity contribution in [3.05, 3.63) is 77.6 Å². The summed E-state index contributed by atoms with van der Waals surface area (Å²) in [5, 5.41) is 11.5. The van der Waals surface area contributed by atoms with Gasteiger partial charge >= 0.3 is 0 Å². The summed E-state index contributed by atoms with van der Waals surface area (Å²) in [6.45, 7) is 3.74. The van der Waals surface area contributed by atoms with Crippen LogP contribution in [-0.2, 0) is 17.6 Å². The van der Waals surface area contributed by atoms with E-state index in [1.807, 2.05) is 35.2 Å². The summed E-state index contributed by atoms with van der Waals surface area (Å²) in [5.74, 6) is 0.791. The summed E-state index contributed by atoms with van der Waals surface area (Å²) in [6.07, 6.45) is 6.56. The number of amides is 1. The second-order valence-corrected chi connectivity index (χ2v) is 8.29. The van der Waals surface area contributed by atoms with E-state index in [4.69, 9.17) is 0 Å². The summed E-state index contributed by atoms with van der Waals surface area (Å²) >= 11 is 0. The maximum atomic E-state index is 13.3. The maximum Gasteiger partial charge on any atom is 0.247 e. The molecule has 1 aliphatic heterocycles. The van der Waals surface area contributed by atoms with Gasteiger partial charge in [0.05, 0.1) is 0 Å². The second kappa shape index (κ2) is 9.65. The monoisotopic (exact) mass is 403 g/mol. The normalized spacial score (nSPS) is 15.8. The molecule has 0 unspecified atom stereocenters. The highest BCUT2D eigenvalue weighted by atomic mass is 16.2. The molecular weight excluding hydrogens is 374 g/mol. The predicted molar refractivity (Wildman–Crippen MR) is 116 cm³/mol. The molecule has 2 aromatic carbocycles. The average Bonchev–Trinajstić information content (AvgIpc) is 3.32. The average molecular weight is 404 g/mol. The molecule has 0 aliphatic carbocycles. The third-order valence-electron chi connectivity index (χ3n) is 6.13. The Labute approximate surface area is 177 Å². The van der Waals surface area contributed by atoms with Crippen LogP contribution in [-0.4, -0.2) is 44.1 Å². The lowest BCUT2D eigenvalue weighted by Gasteiger charge is -2.34. The lowest BCUT2D eigenvalue weighted by molar-refractivity contribution is -0.136. The smallest absolute Gasteiger partial charge is 0.247 e. The van der Waals surface area contributed by atoms with E-state index in [0.29, 0.717) is 12.3 Å². The molecule has 3 aromatic rings. The molecule has 1 aliphatic rings. The van der Waals surface area contributed by atoms with Crippen LogP contribution in [0.4, 0.5) is 0 Å². The molecule has 0 bridgehead atoms. The van der Waals surface area contributed by atoms with Crippen LogP contribution >= 0.6 is 0 Å². The van der Waals surface area contributed by atoms with Crippen LogP contribution in [0.3, 0.4) is 0 Å². The number of tetrazole rings is 1. The number of hydrogen-bond acceptors (Lipinski definition) is 4. The Kier molecular flexibility index (Phi) is 6.52. The van der Waals surface area contributed by atoms with Gasteiger partial charge in [-0.1, -0.05) is 60.2 Å². The lowest BCUT2D eigenvalue weighted by Crippen LogP contribution is -2.43. The molecule has 0 saturated carbocycles. The van der Waals surface area contributed by atoms with Crippen molar-refractivity contribution in [2.75, 3.05) is 13.1 Å². The number of piperidine rings is 1. The van der Waals surface area contributed by atoms with Gasteiger partial charge in [-0.25, -0.2) is 4.68 Å². The highest BCUT2D eigenvalue weighted by Crippen LogP contribution is 2.25. The first-order valence-corrected chi connectivity index (χ1v) is 10.8. The molecular formula is C24H29N5O. The summed E-state index contributed by atoms with van der Waals surface area (Å²) in [6, 6.07) is 18.5. The second-order valence-electron chi connectivity index (χ2n) is 8.29. The summed E-state index contributed by atoms with van der Waals surface area (Å²) in [4.78, 5) is 15.3. The molecule has 1 aromatic heterocycles. The molecule has 2 heterocycles. The van der Waals surface area contributed by atoms with E-state index in [9.17, 15) is 4.79 Å². The van der Waals surface area contributed by atoms with Crippen LogP contribution in [0.2, 0.25) is 0 Å². The van der Waals surface area contributed by atoms with Gasteiger partial charge in [-0.3, -0.25) is 4.79 Å². The zero-order valence-corrected chi connectivity index (χ0v) is 17.5. The van der Waals surface area contributed by atoms with Gasteiger partial charge < -0.3 is 4.90 Å². The predicted octanol–water partition coefficient (Wildman–Crippen LogP) is 3.64. The number of hydrogen-bond donors (Lipinski definition) is 0. The Morgan fingerprint density at radius 3 is 2.43 bits per heavy atom. The molecule has 0 spiro atoms. The minimum Gasteiger partial charge on any atom is -0.341 e. The molecule has 30 heavy (non-hydrogen) atoms. The van der Waals surface area contributed by atoms with Gasteiger partial charge in [0.1, 0.15) is 12.4 Å². The first kappa shape index (κ1) is 20.3. The fourth-order valence-corrected chi connectivity index (χ4v) is 4.22. The van der Waals surface area contributed by atoms with E-state index in [-0.39, 0.29) is 5.91 Å². The zero-order valence-electron chi connectivity index (χ0n) is 17.5. The minimum absolute atomic E-state index is 0.114. The number of nitrogens with zero attached hydrogens (tertiary/aromatic N) is 5. The Balaban J connectivity index is 1.34. The maximum absolute atomic E-state index is 13.3. The molecule has 6 nitrogen and oxygen atoms in total. The standard InChI is InChI=1S/C24H29N5O/c1-19-7-9-20(10-8-19)11-12-21-13-15-28(16-14-21)24(30)23(29-18-25-26-27-29)17-22-5-3-2-4-6-22/h2-10,18,21,23H,11-17H2,1H3/t23-/m0/s1. The van der Waals surface area contributed by atoms with Crippen LogP contribution in [0.5, 0.6) is 0 Å². The molecule has 1 saturated heterocycles. The Hall–Kier alpha value is -3.02. The van der Waals surface area contributed by atoms with Crippen LogP contribution in [0.25, 0.3) is 0 Å². The third-order valence-corrected chi connectivity index (χ3v) is 6.13. The number of carbonyl (C=O) groups is 1. The van der Waals surface area contributed by atoms with E-state index in [1.165, 1.54) is 17.5 Å². The van der Waals surface area contributed by atoms with Gasteiger partial charge in [-0.2, -0.15) is 0 Å². The van der Waals surface area contributed by atoms with Crippen LogP contribution in [0.1, 0.15) is 42.0 Å². The van der Waals surface area contributed by atoms with Crippen molar-refractivity contribution in [2.45, 2.75) is 45.1 Å². The first-order valence-electron chi connectivity index (χ1n) is 10.8. The van der Waals surface area contributed by atoms with Crippen molar-refractivity contribution in [2.24, 2.45) is 5.92 Å². The van der Waals surface area contributed by atoms with E-state index < -0.39 is 6.04 Å². The van der Waals surface area contributed by atoms with Gasteiger partial charge in [-0.15, -0.1) is 5.10 Å². The number of benzene rings is 2. The topological polar surface area (TPSA) is 63.9 Å². The largest absolute Gasteiger partial charge is 0.341 e. The fraction of sp³-hybridized carbons (Fsp3) is 0.417. The quantitative estimate of drug-likeness (QED) is 0.604. The number of rotatable bonds is 7. The molecule has 156 valence electrons. The van der Waals surface area contributed by atoms with Crippen LogP contribution in [0.15, 0.2) is 60.9 Å². The minimum atomic E-state index is -0.397. The van der Waals surface area contributed by atoms with Gasteiger partial charge in [0, 0.05) is 19.5 Å². The van der Waals surface area contributed by atoms with Gasteiger partial charge in [0.2, 0.25) is 5.91 Å². The van der Waals surface area contributed by atoms with Crippen LogP contribution in [0, 0.1) is 12.8 Å². The van der Waals surface area contributed by atoms with Crippen molar-refractivity contribution >= 4 is 5.91 Å². The molecule has 6 heteroatoms. The number of carbonyl (C=O) groups excluding carboxylic acids is 1. The Bertz CT molecular complexity index is 916. The lowest BCUT2D eigenvalue weighted by atomic mass is 9.90. The molecule has 1 fully saturated rings. The zero-order chi connectivity index (χ0) is 20.8. The van der Waals surface area contributed by atoms with E-state index in [0.717, 1.165) is 37.9 Å². The van der Waals surface area contributed by atoms with E-state index in [2.05, 4.69) is 46.7 Å². The van der Waals surface area contributed by atoms with E-state index in [1.54, 1.807) is 11.0 Å². The first-order chi connectivity index (χ1) is 14.7. The van der Waals surface area contributed by atoms with Crippen LogP contribution < -0.4 is 0 Å². The number of aromatic nitrogens is 4. The summed E-state index contributed by atoms with van der Waals surface area (Å²) in [5.41, 5.74) is 3.82. The summed E-state index contributed by atoms with van der Waals surface area (Å²) in [7, 11) is 0. The highest BCUT2D eigenvalue weighted by Gasteiger charge is 2.30. The van der Waals surface area contributed by atoms with Crippen molar-refractivity contribution < 1.29 is 4.79 Å². The Morgan fingerprint density at radius 1 is 1.03 bits per heavy atom. The van der Waals surface area contributed by atoms with Crippen molar-refractivity contribution in [1.29, 1.82) is 0 Å². The highest BCUT2D eigenvalue weighted by molar-refractivity contribution is 5.80. The van der Waals surface area contributed by atoms with Crippen molar-refractivity contribution in [3.63, 3.8) is 0 Å². The summed E-state index contributed by atoms with van der Waals surface area (Å²) < 4.78 is 1.60. The molecule has 1 amide bonds. The number of aryl methyl sites for hydroxylation is 2.